The van der Waals surface area contributed by atoms with Crippen LogP contribution < -0.4 is 11.5 Å². The lowest BCUT2D eigenvalue weighted by Gasteiger charge is -2.11. The van der Waals surface area contributed by atoms with Crippen molar-refractivity contribution in [3.63, 3.8) is 0 Å². The van der Waals surface area contributed by atoms with Crippen LogP contribution in [0.3, 0.4) is 0 Å². The number of anilines is 2. The number of aromatic amines is 1. The first-order valence-corrected chi connectivity index (χ1v) is 10.3. The number of aromatic nitrogens is 1. The van der Waals surface area contributed by atoms with Crippen molar-refractivity contribution >= 4 is 11.4 Å². The van der Waals surface area contributed by atoms with Crippen LogP contribution in [0.2, 0.25) is 0 Å². The first kappa shape index (κ1) is 18.8. The number of nitrogens with two attached hydrogens (primary N) is 2. The Kier molecular flexibility index (Phi) is 4.77. The van der Waals surface area contributed by atoms with E-state index < -0.39 is 0 Å². The fourth-order valence-corrected chi connectivity index (χ4v) is 4.02. The van der Waals surface area contributed by atoms with E-state index in [9.17, 15) is 0 Å². The lowest BCUT2D eigenvalue weighted by atomic mass is 9.91. The molecular formula is C28H23N3. The third kappa shape index (κ3) is 3.58. The first-order valence-electron chi connectivity index (χ1n) is 10.3. The molecule has 3 nitrogen and oxygen atoms in total. The molecule has 0 fully saturated rings. The summed E-state index contributed by atoms with van der Waals surface area (Å²) in [5, 5.41) is 0. The zero-order chi connectivity index (χ0) is 21.2. The third-order valence-corrected chi connectivity index (χ3v) is 5.52. The van der Waals surface area contributed by atoms with Crippen LogP contribution in [-0.2, 0) is 0 Å². The molecule has 0 atom stereocenters. The number of hydrogen-bond acceptors (Lipinski definition) is 2. The van der Waals surface area contributed by atoms with Gasteiger partial charge < -0.3 is 16.5 Å². The smallest absolute Gasteiger partial charge is 0.0544 e. The highest BCUT2D eigenvalue weighted by atomic mass is 14.7. The second-order valence-electron chi connectivity index (χ2n) is 7.60. The molecule has 0 saturated carbocycles. The molecular weight excluding hydrogens is 378 g/mol. The minimum absolute atomic E-state index is 0.748. The SMILES string of the molecule is Nc1ccc(-c2c(-c3ccccc3)[nH]c(-c3ccccc3)c2-c2ccc(N)cc2)cc1. The zero-order valence-corrected chi connectivity index (χ0v) is 17.0. The molecule has 31 heavy (non-hydrogen) atoms. The monoisotopic (exact) mass is 401 g/mol. The number of H-pyrrole nitrogens is 1. The third-order valence-electron chi connectivity index (χ3n) is 5.52. The van der Waals surface area contributed by atoms with E-state index in [0.29, 0.717) is 0 Å². The zero-order valence-electron chi connectivity index (χ0n) is 17.0. The first-order chi connectivity index (χ1) is 15.2. The van der Waals surface area contributed by atoms with E-state index in [1.807, 2.05) is 36.4 Å². The van der Waals surface area contributed by atoms with Gasteiger partial charge >= 0.3 is 0 Å². The highest BCUT2D eigenvalue weighted by Crippen LogP contribution is 2.46. The van der Waals surface area contributed by atoms with Crippen LogP contribution in [-0.4, -0.2) is 4.98 Å². The summed E-state index contributed by atoms with van der Waals surface area (Å²) >= 11 is 0. The topological polar surface area (TPSA) is 67.8 Å². The van der Waals surface area contributed by atoms with Crippen molar-refractivity contribution in [3.05, 3.63) is 109 Å². The molecule has 0 unspecified atom stereocenters. The van der Waals surface area contributed by atoms with Crippen LogP contribution in [0, 0.1) is 0 Å². The van der Waals surface area contributed by atoms with Crippen molar-refractivity contribution in [3.8, 4) is 44.8 Å². The van der Waals surface area contributed by atoms with Gasteiger partial charge in [-0.3, -0.25) is 0 Å². The summed E-state index contributed by atoms with van der Waals surface area (Å²) in [7, 11) is 0. The van der Waals surface area contributed by atoms with Crippen molar-refractivity contribution in [1.82, 2.24) is 4.98 Å². The number of nitrogens with one attached hydrogen (secondary N) is 1. The minimum atomic E-state index is 0.748. The fraction of sp³-hybridized carbons (Fsp3) is 0. The van der Waals surface area contributed by atoms with E-state index in [1.165, 1.54) is 0 Å². The van der Waals surface area contributed by atoms with Gasteiger partial charge in [-0.25, -0.2) is 0 Å². The lowest BCUT2D eigenvalue weighted by Crippen LogP contribution is -1.89. The Bertz CT molecular complexity index is 1200. The van der Waals surface area contributed by atoms with Crippen molar-refractivity contribution in [2.45, 2.75) is 0 Å². The summed E-state index contributed by atoms with van der Waals surface area (Å²) in [6, 6.07) is 37.0. The molecule has 0 radical (unpaired) electrons. The second-order valence-corrected chi connectivity index (χ2v) is 7.60. The lowest BCUT2D eigenvalue weighted by molar-refractivity contribution is 1.39. The molecule has 0 aliphatic rings. The molecule has 5 rings (SSSR count). The van der Waals surface area contributed by atoms with E-state index in [4.69, 9.17) is 11.5 Å². The van der Waals surface area contributed by atoms with Crippen LogP contribution in [0.4, 0.5) is 11.4 Å². The Morgan fingerprint density at radius 3 is 1.10 bits per heavy atom. The largest absolute Gasteiger partial charge is 0.399 e. The van der Waals surface area contributed by atoms with Crippen molar-refractivity contribution in [2.24, 2.45) is 0 Å². The summed E-state index contributed by atoms with van der Waals surface area (Å²) in [5.41, 5.74) is 22.4. The summed E-state index contributed by atoms with van der Waals surface area (Å²) in [6.07, 6.45) is 0. The van der Waals surface area contributed by atoms with Crippen molar-refractivity contribution < 1.29 is 0 Å². The summed E-state index contributed by atoms with van der Waals surface area (Å²) in [5.74, 6) is 0. The minimum Gasteiger partial charge on any atom is -0.399 e. The van der Waals surface area contributed by atoms with Gasteiger partial charge in [0.05, 0.1) is 11.4 Å². The molecule has 0 spiro atoms. The molecule has 0 saturated heterocycles. The van der Waals surface area contributed by atoms with E-state index in [0.717, 1.165) is 56.1 Å². The molecule has 5 N–H and O–H groups in total. The molecule has 0 aliphatic heterocycles. The summed E-state index contributed by atoms with van der Waals surface area (Å²) in [6.45, 7) is 0. The molecule has 0 bridgehead atoms. The molecule has 0 amide bonds. The molecule has 0 aliphatic carbocycles. The van der Waals surface area contributed by atoms with Gasteiger partial charge in [-0.2, -0.15) is 0 Å². The summed E-state index contributed by atoms with van der Waals surface area (Å²) < 4.78 is 0. The Morgan fingerprint density at radius 2 is 0.742 bits per heavy atom. The highest BCUT2D eigenvalue weighted by Gasteiger charge is 2.22. The Morgan fingerprint density at radius 1 is 0.387 bits per heavy atom. The van der Waals surface area contributed by atoms with Crippen LogP contribution in [0.1, 0.15) is 0 Å². The van der Waals surface area contributed by atoms with E-state index in [-0.39, 0.29) is 0 Å². The molecule has 5 aromatic rings. The standard InChI is InChI=1S/C28H23N3/c29-23-15-11-19(12-16-23)25-26(20-13-17-24(30)18-14-20)28(22-9-5-2-6-10-22)31-27(25)21-7-3-1-4-8-21/h1-18,31H,29-30H2. The number of nitrogen functional groups attached to an aromatic ring is 2. The molecule has 150 valence electrons. The van der Waals surface area contributed by atoms with E-state index in [1.54, 1.807) is 0 Å². The fourth-order valence-electron chi connectivity index (χ4n) is 4.02. The van der Waals surface area contributed by atoms with Crippen molar-refractivity contribution in [2.75, 3.05) is 11.5 Å². The predicted octanol–water partition coefficient (Wildman–Crippen LogP) is 6.85. The maximum Gasteiger partial charge on any atom is 0.0544 e. The average molecular weight is 402 g/mol. The molecule has 3 heteroatoms. The van der Waals surface area contributed by atoms with Gasteiger partial charge in [0.15, 0.2) is 0 Å². The summed E-state index contributed by atoms with van der Waals surface area (Å²) in [4.78, 5) is 3.75. The van der Waals surface area contributed by atoms with Gasteiger partial charge in [0.25, 0.3) is 0 Å². The van der Waals surface area contributed by atoms with E-state index >= 15 is 0 Å². The maximum atomic E-state index is 5.99. The van der Waals surface area contributed by atoms with Gasteiger partial charge in [0.1, 0.15) is 0 Å². The Labute approximate surface area is 182 Å². The van der Waals surface area contributed by atoms with Gasteiger partial charge in [0, 0.05) is 22.5 Å². The number of benzene rings is 4. The second kappa shape index (κ2) is 7.88. The van der Waals surface area contributed by atoms with Gasteiger partial charge in [-0.15, -0.1) is 0 Å². The van der Waals surface area contributed by atoms with Crippen LogP contribution >= 0.6 is 0 Å². The number of hydrogen-bond donors (Lipinski definition) is 3. The van der Waals surface area contributed by atoms with Crippen LogP contribution in [0.25, 0.3) is 44.8 Å². The maximum absolute atomic E-state index is 5.99. The highest BCUT2D eigenvalue weighted by molar-refractivity contribution is 6.01. The van der Waals surface area contributed by atoms with Crippen LogP contribution in [0.15, 0.2) is 109 Å². The Balaban J connectivity index is 1.88. The quantitative estimate of drug-likeness (QED) is 0.288. The molecule has 4 aromatic carbocycles. The van der Waals surface area contributed by atoms with Gasteiger partial charge in [-0.1, -0.05) is 84.9 Å². The number of rotatable bonds is 4. The Hall–Kier alpha value is -4.24. The molecule has 1 aromatic heterocycles. The average Bonchev–Trinajstić information content (AvgIpc) is 3.22. The van der Waals surface area contributed by atoms with Gasteiger partial charge in [-0.05, 0) is 46.5 Å². The van der Waals surface area contributed by atoms with Crippen molar-refractivity contribution in [1.29, 1.82) is 0 Å². The van der Waals surface area contributed by atoms with Crippen LogP contribution in [0.5, 0.6) is 0 Å². The van der Waals surface area contributed by atoms with Gasteiger partial charge in [0.2, 0.25) is 0 Å². The van der Waals surface area contributed by atoms with E-state index in [2.05, 4.69) is 77.8 Å². The normalized spacial score (nSPS) is 10.8. The molecule has 1 heterocycles. The predicted molar refractivity (Wildman–Crippen MR) is 131 cm³/mol.